The minimum Gasteiger partial charge on any atom is -0.336 e. The molecule has 3 rings (SSSR count). The number of aromatic nitrogens is 2. The Labute approximate surface area is 138 Å². The van der Waals surface area contributed by atoms with Crippen LogP contribution in [0.5, 0.6) is 0 Å². The summed E-state index contributed by atoms with van der Waals surface area (Å²) in [6.45, 7) is 4.81. The summed E-state index contributed by atoms with van der Waals surface area (Å²) in [5, 5.41) is 4.44. The lowest BCUT2D eigenvalue weighted by molar-refractivity contribution is 0.0647. The van der Waals surface area contributed by atoms with E-state index in [2.05, 4.69) is 12.0 Å². The van der Waals surface area contributed by atoms with Gasteiger partial charge in [0.15, 0.2) is 0 Å². The van der Waals surface area contributed by atoms with Gasteiger partial charge in [-0.25, -0.2) is 4.68 Å². The molecule has 0 N–H and O–H groups in total. The van der Waals surface area contributed by atoms with Crippen LogP contribution < -0.4 is 0 Å². The van der Waals surface area contributed by atoms with Gasteiger partial charge in [0, 0.05) is 12.6 Å². The van der Waals surface area contributed by atoms with Gasteiger partial charge in [-0.3, -0.25) is 4.79 Å². The first-order valence-corrected chi connectivity index (χ1v) is 8.63. The van der Waals surface area contributed by atoms with E-state index in [1.165, 1.54) is 19.3 Å². The SMILES string of the molecule is CCN(C(=O)c1cnn(-c2ccccc2)c1C)C1CCCCC1. The molecule has 23 heavy (non-hydrogen) atoms. The van der Waals surface area contributed by atoms with Crippen molar-refractivity contribution in [2.24, 2.45) is 0 Å². The molecule has 1 amide bonds. The molecule has 2 aromatic rings. The molecule has 1 aliphatic rings. The Kier molecular flexibility index (Phi) is 4.79. The number of para-hydroxylation sites is 1. The van der Waals surface area contributed by atoms with E-state index < -0.39 is 0 Å². The predicted octanol–water partition coefficient (Wildman–Crippen LogP) is 3.98. The molecule has 0 atom stereocenters. The monoisotopic (exact) mass is 311 g/mol. The molecule has 122 valence electrons. The quantitative estimate of drug-likeness (QED) is 0.856. The highest BCUT2D eigenvalue weighted by atomic mass is 16.2. The molecule has 1 heterocycles. The van der Waals surface area contributed by atoms with Crippen LogP contribution in [-0.4, -0.2) is 33.2 Å². The third-order valence-electron chi connectivity index (χ3n) is 4.86. The maximum Gasteiger partial charge on any atom is 0.257 e. The number of amides is 1. The molecular formula is C19H25N3O. The van der Waals surface area contributed by atoms with Gasteiger partial charge in [0.25, 0.3) is 5.91 Å². The van der Waals surface area contributed by atoms with Gasteiger partial charge in [-0.2, -0.15) is 5.10 Å². The molecule has 0 radical (unpaired) electrons. The minimum atomic E-state index is 0.124. The normalized spacial score (nSPS) is 15.6. The van der Waals surface area contributed by atoms with Crippen LogP contribution in [0.1, 0.15) is 55.1 Å². The van der Waals surface area contributed by atoms with Crippen LogP contribution in [0, 0.1) is 6.92 Å². The van der Waals surface area contributed by atoms with Crippen molar-refractivity contribution in [1.82, 2.24) is 14.7 Å². The maximum absolute atomic E-state index is 13.0. The standard InChI is InChI=1S/C19H25N3O/c1-3-21(16-10-6-4-7-11-16)19(23)18-14-20-22(15(18)2)17-12-8-5-9-13-17/h5,8-9,12-14,16H,3-4,6-7,10-11H2,1-2H3. The molecule has 0 saturated heterocycles. The van der Waals surface area contributed by atoms with Crippen molar-refractivity contribution < 1.29 is 4.79 Å². The van der Waals surface area contributed by atoms with Crippen molar-refractivity contribution >= 4 is 5.91 Å². The Bertz CT molecular complexity index is 657. The second kappa shape index (κ2) is 6.99. The summed E-state index contributed by atoms with van der Waals surface area (Å²) in [5.74, 6) is 0.124. The van der Waals surface area contributed by atoms with Crippen LogP contribution in [0.2, 0.25) is 0 Å². The third-order valence-corrected chi connectivity index (χ3v) is 4.86. The van der Waals surface area contributed by atoms with Gasteiger partial charge in [-0.15, -0.1) is 0 Å². The number of benzene rings is 1. The Morgan fingerprint density at radius 1 is 1.22 bits per heavy atom. The number of nitrogens with zero attached hydrogens (tertiary/aromatic N) is 3. The molecule has 1 saturated carbocycles. The van der Waals surface area contributed by atoms with E-state index >= 15 is 0 Å². The van der Waals surface area contributed by atoms with E-state index in [1.807, 2.05) is 46.8 Å². The van der Waals surface area contributed by atoms with Crippen LogP contribution in [0.25, 0.3) is 5.69 Å². The highest BCUT2D eigenvalue weighted by molar-refractivity contribution is 5.95. The molecule has 0 bridgehead atoms. The van der Waals surface area contributed by atoms with E-state index in [0.29, 0.717) is 6.04 Å². The molecule has 1 fully saturated rings. The Morgan fingerprint density at radius 3 is 2.57 bits per heavy atom. The minimum absolute atomic E-state index is 0.124. The van der Waals surface area contributed by atoms with Crippen LogP contribution in [0.15, 0.2) is 36.5 Å². The van der Waals surface area contributed by atoms with Crippen molar-refractivity contribution in [2.75, 3.05) is 6.54 Å². The second-order valence-electron chi connectivity index (χ2n) is 6.27. The van der Waals surface area contributed by atoms with Crippen LogP contribution in [-0.2, 0) is 0 Å². The zero-order chi connectivity index (χ0) is 16.2. The predicted molar refractivity (Wildman–Crippen MR) is 91.9 cm³/mol. The number of carbonyl (C=O) groups is 1. The fourth-order valence-electron chi connectivity index (χ4n) is 3.56. The van der Waals surface area contributed by atoms with Gasteiger partial charge >= 0.3 is 0 Å². The van der Waals surface area contributed by atoms with Gasteiger partial charge in [-0.05, 0) is 38.8 Å². The van der Waals surface area contributed by atoms with E-state index in [9.17, 15) is 4.79 Å². The van der Waals surface area contributed by atoms with Crippen molar-refractivity contribution in [2.45, 2.75) is 52.0 Å². The Morgan fingerprint density at radius 2 is 1.91 bits per heavy atom. The summed E-state index contributed by atoms with van der Waals surface area (Å²) in [6, 6.07) is 10.4. The van der Waals surface area contributed by atoms with E-state index in [4.69, 9.17) is 0 Å². The van der Waals surface area contributed by atoms with Crippen LogP contribution >= 0.6 is 0 Å². The number of hydrogen-bond acceptors (Lipinski definition) is 2. The van der Waals surface area contributed by atoms with Gasteiger partial charge in [0.05, 0.1) is 23.1 Å². The van der Waals surface area contributed by atoms with Crippen molar-refractivity contribution in [3.63, 3.8) is 0 Å². The van der Waals surface area contributed by atoms with Crippen molar-refractivity contribution in [3.05, 3.63) is 47.8 Å². The average Bonchev–Trinajstić information content (AvgIpc) is 2.99. The molecule has 1 aromatic heterocycles. The van der Waals surface area contributed by atoms with Gasteiger partial charge in [0.1, 0.15) is 0 Å². The summed E-state index contributed by atoms with van der Waals surface area (Å²) in [7, 11) is 0. The lowest BCUT2D eigenvalue weighted by Gasteiger charge is -2.33. The lowest BCUT2D eigenvalue weighted by Crippen LogP contribution is -2.41. The van der Waals surface area contributed by atoms with Gasteiger partial charge in [-0.1, -0.05) is 37.5 Å². The summed E-state index contributed by atoms with van der Waals surface area (Å²) in [5.41, 5.74) is 2.63. The average molecular weight is 311 g/mol. The van der Waals surface area contributed by atoms with E-state index in [-0.39, 0.29) is 5.91 Å². The van der Waals surface area contributed by atoms with Crippen LogP contribution in [0.3, 0.4) is 0 Å². The number of rotatable bonds is 4. The fourth-order valence-corrected chi connectivity index (χ4v) is 3.56. The van der Waals surface area contributed by atoms with Gasteiger partial charge < -0.3 is 4.90 Å². The molecule has 4 heteroatoms. The first-order chi connectivity index (χ1) is 11.2. The smallest absolute Gasteiger partial charge is 0.257 e. The second-order valence-corrected chi connectivity index (χ2v) is 6.27. The topological polar surface area (TPSA) is 38.1 Å². The zero-order valence-electron chi connectivity index (χ0n) is 14.0. The zero-order valence-corrected chi connectivity index (χ0v) is 14.0. The van der Waals surface area contributed by atoms with E-state index in [0.717, 1.165) is 36.3 Å². The lowest BCUT2D eigenvalue weighted by atomic mass is 9.93. The largest absolute Gasteiger partial charge is 0.336 e. The number of hydrogen-bond donors (Lipinski definition) is 0. The van der Waals surface area contributed by atoms with Crippen molar-refractivity contribution in [1.29, 1.82) is 0 Å². The Hall–Kier alpha value is -2.10. The number of carbonyl (C=O) groups excluding carboxylic acids is 1. The van der Waals surface area contributed by atoms with E-state index in [1.54, 1.807) is 6.20 Å². The molecule has 1 aromatic carbocycles. The highest BCUT2D eigenvalue weighted by Gasteiger charge is 2.27. The molecular weight excluding hydrogens is 286 g/mol. The summed E-state index contributed by atoms with van der Waals surface area (Å²) >= 11 is 0. The molecule has 0 unspecified atom stereocenters. The molecule has 0 spiro atoms. The summed E-state index contributed by atoms with van der Waals surface area (Å²) in [6.07, 6.45) is 7.74. The maximum atomic E-state index is 13.0. The summed E-state index contributed by atoms with van der Waals surface area (Å²) in [4.78, 5) is 15.1. The van der Waals surface area contributed by atoms with Gasteiger partial charge in [0.2, 0.25) is 0 Å². The molecule has 0 aliphatic heterocycles. The van der Waals surface area contributed by atoms with Crippen LogP contribution in [0.4, 0.5) is 0 Å². The molecule has 4 nitrogen and oxygen atoms in total. The first-order valence-electron chi connectivity index (χ1n) is 8.63. The third kappa shape index (κ3) is 3.16. The highest BCUT2D eigenvalue weighted by Crippen LogP contribution is 2.25. The fraction of sp³-hybridized carbons (Fsp3) is 0.474. The Balaban J connectivity index is 1.86. The summed E-state index contributed by atoms with van der Waals surface area (Å²) < 4.78 is 1.85. The molecule has 1 aliphatic carbocycles. The van der Waals surface area contributed by atoms with Crippen molar-refractivity contribution in [3.8, 4) is 5.69 Å². The first kappa shape index (κ1) is 15.8.